The summed E-state index contributed by atoms with van der Waals surface area (Å²) in [7, 11) is 0. The highest BCUT2D eigenvalue weighted by atomic mass is 32.1. The van der Waals surface area contributed by atoms with Crippen molar-refractivity contribution in [2.45, 2.75) is 0 Å². The fourth-order valence-corrected chi connectivity index (χ4v) is 7.84. The number of hydrogen-bond donors (Lipinski definition) is 0. The number of nitrogens with zero attached hydrogens (tertiary/aromatic N) is 4. The molecule has 0 aliphatic carbocycles. The van der Waals surface area contributed by atoms with Crippen LogP contribution in [0.3, 0.4) is 0 Å². The van der Waals surface area contributed by atoms with Crippen molar-refractivity contribution in [3.63, 3.8) is 0 Å². The number of benzene rings is 6. The van der Waals surface area contributed by atoms with Crippen molar-refractivity contribution in [2.24, 2.45) is 0 Å². The second kappa shape index (κ2) is 10.5. The molecule has 0 radical (unpaired) electrons. The van der Waals surface area contributed by atoms with Gasteiger partial charge in [-0.25, -0.2) is 9.97 Å². The molecule has 6 aromatic carbocycles. The molecular weight excluding hydrogens is 581 g/mol. The van der Waals surface area contributed by atoms with E-state index in [1.54, 1.807) is 11.3 Å². The van der Waals surface area contributed by atoms with Crippen LogP contribution < -0.4 is 0 Å². The summed E-state index contributed by atoms with van der Waals surface area (Å²) in [5.74, 6) is 0.670. The first-order chi connectivity index (χ1) is 22.8. The van der Waals surface area contributed by atoms with Gasteiger partial charge < -0.3 is 4.57 Å². The Kier molecular flexibility index (Phi) is 6.02. The number of nitriles is 1. The zero-order valence-electron chi connectivity index (χ0n) is 24.6. The summed E-state index contributed by atoms with van der Waals surface area (Å²) in [6.07, 6.45) is 0. The van der Waals surface area contributed by atoms with E-state index in [-0.39, 0.29) is 0 Å². The Balaban J connectivity index is 1.29. The lowest BCUT2D eigenvalue weighted by atomic mass is 10.0. The van der Waals surface area contributed by atoms with Gasteiger partial charge in [0.15, 0.2) is 5.82 Å². The van der Waals surface area contributed by atoms with Gasteiger partial charge in [-0.3, -0.25) is 0 Å². The number of aromatic nitrogens is 3. The topological polar surface area (TPSA) is 54.5 Å². The van der Waals surface area contributed by atoms with Gasteiger partial charge in [-0.15, -0.1) is 11.3 Å². The summed E-state index contributed by atoms with van der Waals surface area (Å²) in [6.45, 7) is 0. The van der Waals surface area contributed by atoms with Gasteiger partial charge in [-0.1, -0.05) is 109 Å². The number of thiophene rings is 1. The van der Waals surface area contributed by atoms with Gasteiger partial charge in [0.1, 0.15) is 0 Å². The molecule has 46 heavy (non-hydrogen) atoms. The number of rotatable bonds is 4. The quantitative estimate of drug-likeness (QED) is 0.201. The van der Waals surface area contributed by atoms with Crippen molar-refractivity contribution in [3.8, 4) is 45.5 Å². The summed E-state index contributed by atoms with van der Waals surface area (Å²) in [6, 6.07) is 52.6. The first-order valence-electron chi connectivity index (χ1n) is 15.1. The Bertz CT molecular complexity index is 2610. The van der Waals surface area contributed by atoms with Gasteiger partial charge in [0.2, 0.25) is 0 Å². The third-order valence-corrected chi connectivity index (χ3v) is 9.87. The standard InChI is InChI=1S/C41H24N4S/c42-25-26-11-8-15-29(23-26)37-40-38(44-41(43-37)27-12-2-1-3-13-27)34-20-10-19-31(39(34)46-40)28-14-9-16-30(24-28)45-35-21-6-4-17-32(35)33-18-5-7-22-36(33)45/h1-24H. The van der Waals surface area contributed by atoms with Gasteiger partial charge in [-0.05, 0) is 47.5 Å². The molecule has 0 amide bonds. The van der Waals surface area contributed by atoms with Crippen molar-refractivity contribution >= 4 is 53.4 Å². The van der Waals surface area contributed by atoms with E-state index in [4.69, 9.17) is 9.97 Å². The maximum atomic E-state index is 9.66. The highest BCUT2D eigenvalue weighted by Gasteiger charge is 2.19. The third-order valence-electron chi connectivity index (χ3n) is 8.63. The van der Waals surface area contributed by atoms with Crippen molar-refractivity contribution < 1.29 is 0 Å². The Hall–Kier alpha value is -6.09. The molecule has 0 saturated heterocycles. The maximum Gasteiger partial charge on any atom is 0.160 e. The minimum atomic E-state index is 0.606. The van der Waals surface area contributed by atoms with Crippen LogP contribution in [0, 0.1) is 11.3 Å². The average Bonchev–Trinajstić information content (AvgIpc) is 3.68. The molecule has 0 atom stereocenters. The smallest absolute Gasteiger partial charge is 0.160 e. The predicted molar refractivity (Wildman–Crippen MR) is 190 cm³/mol. The Morgan fingerprint density at radius 1 is 0.543 bits per heavy atom. The van der Waals surface area contributed by atoms with Crippen molar-refractivity contribution in [1.82, 2.24) is 14.5 Å². The van der Waals surface area contributed by atoms with Crippen LogP contribution in [0.2, 0.25) is 0 Å². The zero-order valence-corrected chi connectivity index (χ0v) is 25.4. The molecule has 0 spiro atoms. The molecule has 0 aliphatic rings. The average molecular weight is 605 g/mol. The molecule has 0 saturated carbocycles. The minimum Gasteiger partial charge on any atom is -0.309 e. The van der Waals surface area contributed by atoms with E-state index >= 15 is 0 Å². The molecular formula is C41H24N4S. The normalized spacial score (nSPS) is 11.5. The van der Waals surface area contributed by atoms with E-state index in [0.29, 0.717) is 11.4 Å². The number of hydrogen-bond acceptors (Lipinski definition) is 4. The highest BCUT2D eigenvalue weighted by molar-refractivity contribution is 7.26. The van der Waals surface area contributed by atoms with Gasteiger partial charge in [0.25, 0.3) is 0 Å². The van der Waals surface area contributed by atoms with Crippen LogP contribution in [-0.4, -0.2) is 14.5 Å². The van der Waals surface area contributed by atoms with E-state index in [0.717, 1.165) is 53.9 Å². The van der Waals surface area contributed by atoms with Crippen LogP contribution in [0.4, 0.5) is 0 Å². The lowest BCUT2D eigenvalue weighted by Crippen LogP contribution is -1.94. The van der Waals surface area contributed by atoms with Gasteiger partial charge in [0, 0.05) is 37.7 Å². The van der Waals surface area contributed by atoms with E-state index in [2.05, 4.69) is 102 Å². The molecule has 214 valence electrons. The minimum absolute atomic E-state index is 0.606. The monoisotopic (exact) mass is 604 g/mol. The Morgan fingerprint density at radius 2 is 1.20 bits per heavy atom. The third kappa shape index (κ3) is 4.12. The summed E-state index contributed by atoms with van der Waals surface area (Å²) in [4.78, 5) is 10.3. The van der Waals surface area contributed by atoms with Crippen LogP contribution in [0.5, 0.6) is 0 Å². The molecule has 3 heterocycles. The summed E-state index contributed by atoms with van der Waals surface area (Å²) in [5, 5.41) is 13.2. The molecule has 3 aromatic heterocycles. The molecule has 9 rings (SSSR count). The van der Waals surface area contributed by atoms with E-state index in [1.807, 2.05) is 54.6 Å². The SMILES string of the molecule is N#Cc1cccc(-c2nc(-c3ccccc3)nc3c2sc2c(-c4cccc(-n5c6ccccc6c6ccccc65)c4)cccc23)c1. The second-order valence-electron chi connectivity index (χ2n) is 11.3. The summed E-state index contributed by atoms with van der Waals surface area (Å²) < 4.78 is 4.53. The van der Waals surface area contributed by atoms with Gasteiger partial charge in [-0.2, -0.15) is 5.26 Å². The molecule has 0 aliphatic heterocycles. The van der Waals surface area contributed by atoms with Crippen molar-refractivity contribution in [1.29, 1.82) is 5.26 Å². The van der Waals surface area contributed by atoms with Crippen LogP contribution >= 0.6 is 11.3 Å². The maximum absolute atomic E-state index is 9.66. The van der Waals surface area contributed by atoms with Crippen molar-refractivity contribution in [3.05, 3.63) is 151 Å². The van der Waals surface area contributed by atoms with Crippen LogP contribution in [0.25, 0.3) is 81.6 Å². The second-order valence-corrected chi connectivity index (χ2v) is 12.4. The van der Waals surface area contributed by atoms with Crippen LogP contribution in [0.1, 0.15) is 5.56 Å². The lowest BCUT2D eigenvalue weighted by molar-refractivity contribution is 1.18. The fraction of sp³-hybridized carbons (Fsp3) is 0. The Morgan fingerprint density at radius 3 is 1.98 bits per heavy atom. The first-order valence-corrected chi connectivity index (χ1v) is 16.0. The highest BCUT2D eigenvalue weighted by Crippen LogP contribution is 2.44. The molecule has 0 unspecified atom stereocenters. The summed E-state index contributed by atoms with van der Waals surface area (Å²) >= 11 is 1.72. The molecule has 0 bridgehead atoms. The molecule has 0 fully saturated rings. The van der Waals surface area contributed by atoms with E-state index < -0.39 is 0 Å². The molecule has 0 N–H and O–H groups in total. The Labute approximate surface area is 269 Å². The zero-order chi connectivity index (χ0) is 30.6. The van der Waals surface area contributed by atoms with Gasteiger partial charge >= 0.3 is 0 Å². The summed E-state index contributed by atoms with van der Waals surface area (Å²) in [5.41, 5.74) is 10.0. The molecule has 4 nitrogen and oxygen atoms in total. The van der Waals surface area contributed by atoms with Crippen LogP contribution in [-0.2, 0) is 0 Å². The predicted octanol–water partition coefficient (Wildman–Crippen LogP) is 10.8. The van der Waals surface area contributed by atoms with E-state index in [1.165, 1.54) is 21.8 Å². The van der Waals surface area contributed by atoms with Crippen molar-refractivity contribution in [2.75, 3.05) is 0 Å². The number of fused-ring (bicyclic) bond motifs is 6. The lowest BCUT2D eigenvalue weighted by Gasteiger charge is -2.11. The fourth-order valence-electron chi connectivity index (χ4n) is 6.55. The molecule has 5 heteroatoms. The van der Waals surface area contributed by atoms with Gasteiger partial charge in [0.05, 0.1) is 38.6 Å². The van der Waals surface area contributed by atoms with Crippen LogP contribution in [0.15, 0.2) is 146 Å². The number of para-hydroxylation sites is 2. The largest absolute Gasteiger partial charge is 0.309 e. The van der Waals surface area contributed by atoms with E-state index in [9.17, 15) is 5.26 Å². The first kappa shape index (κ1) is 26.3. The molecule has 9 aromatic rings.